The van der Waals surface area contributed by atoms with Gasteiger partial charge in [-0.05, 0) is 42.9 Å². The van der Waals surface area contributed by atoms with E-state index < -0.39 is 0 Å². The van der Waals surface area contributed by atoms with Crippen LogP contribution in [0.25, 0.3) is 10.2 Å². The van der Waals surface area contributed by atoms with Crippen LogP contribution in [0.4, 0.5) is 0 Å². The molecule has 0 saturated carbocycles. The van der Waals surface area contributed by atoms with E-state index in [1.807, 2.05) is 25.1 Å². The molecule has 3 rings (SSSR count). The molecule has 0 atom stereocenters. The minimum absolute atomic E-state index is 0.0417. The molecule has 0 aliphatic carbocycles. The van der Waals surface area contributed by atoms with Gasteiger partial charge in [0.25, 0.3) is 5.56 Å². The SMILES string of the molecule is Cc1cc2c(=O)n(Cc3ccncc3)c(=S)[nH]c2s1. The Hall–Kier alpha value is -1.79. The zero-order valence-electron chi connectivity index (χ0n) is 10.2. The molecule has 0 saturated heterocycles. The highest BCUT2D eigenvalue weighted by Gasteiger charge is 2.08. The third kappa shape index (κ3) is 2.24. The summed E-state index contributed by atoms with van der Waals surface area (Å²) in [5.74, 6) is 0. The van der Waals surface area contributed by atoms with Crippen LogP contribution in [-0.4, -0.2) is 14.5 Å². The molecule has 0 bridgehead atoms. The van der Waals surface area contributed by atoms with E-state index in [1.165, 1.54) is 0 Å². The monoisotopic (exact) mass is 289 g/mol. The highest BCUT2D eigenvalue weighted by atomic mass is 32.1. The number of nitrogens with one attached hydrogen (secondary N) is 1. The number of pyridine rings is 1. The normalized spacial score (nSPS) is 11.0. The van der Waals surface area contributed by atoms with Crippen molar-refractivity contribution in [2.45, 2.75) is 13.5 Å². The molecule has 6 heteroatoms. The molecule has 0 radical (unpaired) electrons. The van der Waals surface area contributed by atoms with E-state index in [0.29, 0.717) is 16.7 Å². The molecular weight excluding hydrogens is 278 g/mol. The van der Waals surface area contributed by atoms with Crippen molar-refractivity contribution >= 4 is 33.8 Å². The maximum atomic E-state index is 12.4. The highest BCUT2D eigenvalue weighted by molar-refractivity contribution is 7.71. The van der Waals surface area contributed by atoms with E-state index in [-0.39, 0.29) is 5.56 Å². The number of fused-ring (bicyclic) bond motifs is 1. The first-order valence-electron chi connectivity index (χ1n) is 5.77. The summed E-state index contributed by atoms with van der Waals surface area (Å²) >= 11 is 6.82. The van der Waals surface area contributed by atoms with Crippen molar-refractivity contribution in [1.82, 2.24) is 14.5 Å². The van der Waals surface area contributed by atoms with Crippen LogP contribution in [0, 0.1) is 11.7 Å². The smallest absolute Gasteiger partial charge is 0.263 e. The molecule has 96 valence electrons. The molecule has 4 nitrogen and oxygen atoms in total. The quantitative estimate of drug-likeness (QED) is 0.738. The van der Waals surface area contributed by atoms with Crippen molar-refractivity contribution in [1.29, 1.82) is 0 Å². The molecule has 0 aliphatic rings. The molecule has 3 heterocycles. The fraction of sp³-hybridized carbons (Fsp3) is 0.154. The Morgan fingerprint density at radius 1 is 1.42 bits per heavy atom. The molecule has 0 aliphatic heterocycles. The number of rotatable bonds is 2. The lowest BCUT2D eigenvalue weighted by Gasteiger charge is -2.06. The molecule has 0 aromatic carbocycles. The second-order valence-corrected chi connectivity index (χ2v) is 5.92. The minimum Gasteiger partial charge on any atom is -0.323 e. The average molecular weight is 289 g/mol. The maximum absolute atomic E-state index is 12.4. The second-order valence-electron chi connectivity index (χ2n) is 4.28. The number of hydrogen-bond donors (Lipinski definition) is 1. The second kappa shape index (κ2) is 4.71. The molecule has 0 fully saturated rings. The van der Waals surface area contributed by atoms with Crippen molar-refractivity contribution in [3.8, 4) is 0 Å². The molecule has 0 amide bonds. The van der Waals surface area contributed by atoms with Crippen LogP contribution in [0.1, 0.15) is 10.4 Å². The van der Waals surface area contributed by atoms with Crippen molar-refractivity contribution in [3.63, 3.8) is 0 Å². The highest BCUT2D eigenvalue weighted by Crippen LogP contribution is 2.19. The van der Waals surface area contributed by atoms with Gasteiger partial charge >= 0.3 is 0 Å². The average Bonchev–Trinajstić information content (AvgIpc) is 2.76. The Morgan fingerprint density at radius 3 is 2.89 bits per heavy atom. The zero-order valence-corrected chi connectivity index (χ0v) is 11.8. The predicted octanol–water partition coefficient (Wildman–Crippen LogP) is 2.87. The Morgan fingerprint density at radius 2 is 2.16 bits per heavy atom. The predicted molar refractivity (Wildman–Crippen MR) is 79.3 cm³/mol. The molecule has 3 aromatic rings. The molecule has 1 N–H and O–H groups in total. The first-order chi connectivity index (χ1) is 9.15. The lowest BCUT2D eigenvalue weighted by atomic mass is 10.2. The lowest BCUT2D eigenvalue weighted by molar-refractivity contribution is 0.734. The Balaban J connectivity index is 2.19. The third-order valence-corrected chi connectivity index (χ3v) is 4.17. The van der Waals surface area contributed by atoms with Gasteiger partial charge in [-0.3, -0.25) is 14.3 Å². The van der Waals surface area contributed by atoms with Crippen molar-refractivity contribution in [3.05, 3.63) is 56.2 Å². The topological polar surface area (TPSA) is 50.7 Å². The largest absolute Gasteiger partial charge is 0.323 e. The molecule has 0 unspecified atom stereocenters. The summed E-state index contributed by atoms with van der Waals surface area (Å²) in [6.45, 7) is 2.44. The van der Waals surface area contributed by atoms with Crippen LogP contribution in [0.3, 0.4) is 0 Å². The van der Waals surface area contributed by atoms with Crippen molar-refractivity contribution < 1.29 is 0 Å². The molecule has 3 aromatic heterocycles. The van der Waals surface area contributed by atoms with E-state index in [4.69, 9.17) is 12.2 Å². The first kappa shape index (κ1) is 12.3. The fourth-order valence-corrected chi connectivity index (χ4v) is 3.20. The van der Waals surface area contributed by atoms with Crippen LogP contribution in [0.15, 0.2) is 35.4 Å². The number of nitrogens with zero attached hydrogens (tertiary/aromatic N) is 2. The number of hydrogen-bond acceptors (Lipinski definition) is 4. The van der Waals surface area contributed by atoms with Gasteiger partial charge in [0.15, 0.2) is 4.77 Å². The van der Waals surface area contributed by atoms with E-state index >= 15 is 0 Å². The lowest BCUT2D eigenvalue weighted by Crippen LogP contribution is -2.22. The van der Waals surface area contributed by atoms with Crippen LogP contribution >= 0.6 is 23.6 Å². The summed E-state index contributed by atoms with van der Waals surface area (Å²) in [5, 5.41) is 0.699. The fourth-order valence-electron chi connectivity index (χ4n) is 1.98. The van der Waals surface area contributed by atoms with Gasteiger partial charge in [-0.25, -0.2) is 0 Å². The van der Waals surface area contributed by atoms with Crippen LogP contribution in [0.5, 0.6) is 0 Å². The van der Waals surface area contributed by atoms with E-state index in [2.05, 4.69) is 9.97 Å². The van der Waals surface area contributed by atoms with Crippen molar-refractivity contribution in [2.75, 3.05) is 0 Å². The van der Waals surface area contributed by atoms with Gasteiger partial charge in [-0.1, -0.05) is 0 Å². The van der Waals surface area contributed by atoms with Gasteiger partial charge in [0.05, 0.1) is 11.9 Å². The van der Waals surface area contributed by atoms with Gasteiger partial charge in [-0.15, -0.1) is 11.3 Å². The summed E-state index contributed by atoms with van der Waals surface area (Å²) in [7, 11) is 0. The zero-order chi connectivity index (χ0) is 13.4. The van der Waals surface area contributed by atoms with E-state index in [9.17, 15) is 4.79 Å². The summed E-state index contributed by atoms with van der Waals surface area (Å²) in [6, 6.07) is 5.66. The Kier molecular flexibility index (Phi) is 3.04. The third-order valence-electron chi connectivity index (χ3n) is 2.89. The van der Waals surface area contributed by atoms with Gasteiger partial charge in [0, 0.05) is 17.3 Å². The van der Waals surface area contributed by atoms with E-state index in [1.54, 1.807) is 28.3 Å². The standard InChI is InChI=1S/C13H11N3OS2/c1-8-6-10-11(19-8)15-13(18)16(12(10)17)7-9-2-4-14-5-3-9/h2-6H,7H2,1H3,(H,15,18). The maximum Gasteiger partial charge on any atom is 0.263 e. The summed E-state index contributed by atoms with van der Waals surface area (Å²) < 4.78 is 2.04. The molecule has 0 spiro atoms. The number of aryl methyl sites for hydroxylation is 1. The van der Waals surface area contributed by atoms with Gasteiger partial charge in [0.2, 0.25) is 0 Å². The summed E-state index contributed by atoms with van der Waals surface area (Å²) in [6.07, 6.45) is 3.42. The van der Waals surface area contributed by atoms with Crippen LogP contribution in [-0.2, 0) is 6.54 Å². The summed E-state index contributed by atoms with van der Waals surface area (Å²) in [5.41, 5.74) is 0.961. The Labute approximate surface area is 118 Å². The number of thiophene rings is 1. The minimum atomic E-state index is -0.0417. The van der Waals surface area contributed by atoms with Crippen molar-refractivity contribution in [2.24, 2.45) is 0 Å². The van der Waals surface area contributed by atoms with Crippen LogP contribution < -0.4 is 5.56 Å². The summed E-state index contributed by atoms with van der Waals surface area (Å²) in [4.78, 5) is 21.5. The number of aromatic amines is 1. The Bertz CT molecular complexity index is 846. The van der Waals surface area contributed by atoms with Gasteiger partial charge in [-0.2, -0.15) is 0 Å². The number of aromatic nitrogens is 3. The molecule has 19 heavy (non-hydrogen) atoms. The van der Waals surface area contributed by atoms with Crippen LogP contribution in [0.2, 0.25) is 0 Å². The number of H-pyrrole nitrogens is 1. The van der Waals surface area contributed by atoms with Gasteiger partial charge < -0.3 is 4.98 Å². The van der Waals surface area contributed by atoms with Gasteiger partial charge in [0.1, 0.15) is 4.83 Å². The molecular formula is C13H11N3OS2. The first-order valence-corrected chi connectivity index (χ1v) is 7.00. The van der Waals surface area contributed by atoms with E-state index in [0.717, 1.165) is 15.3 Å².